The number of rotatable bonds is 4. The van der Waals surface area contributed by atoms with Crippen LogP contribution in [0.15, 0.2) is 176 Å². The molecule has 3 heteroatoms. The Morgan fingerprint density at radius 1 is 0.392 bits per heavy atom. The van der Waals surface area contributed by atoms with Gasteiger partial charge in [0.15, 0.2) is 11.5 Å². The van der Waals surface area contributed by atoms with Crippen molar-refractivity contribution < 1.29 is 0 Å². The first-order chi connectivity index (χ1) is 25.3. The van der Waals surface area contributed by atoms with Crippen LogP contribution < -0.4 is 0 Å². The average molecular weight is 648 g/mol. The van der Waals surface area contributed by atoms with Crippen molar-refractivity contribution in [2.24, 2.45) is 0 Å². The summed E-state index contributed by atoms with van der Waals surface area (Å²) >= 11 is 0. The van der Waals surface area contributed by atoms with E-state index in [2.05, 4.69) is 138 Å². The quantitative estimate of drug-likeness (QED) is 0.178. The normalized spacial score (nSPS) is 12.8. The van der Waals surface area contributed by atoms with Gasteiger partial charge >= 0.3 is 0 Å². The molecule has 51 heavy (non-hydrogen) atoms. The fraction of sp³-hybridized carbons (Fsp3) is 0.0208. The van der Waals surface area contributed by atoms with Crippen molar-refractivity contribution in [1.82, 2.24) is 9.97 Å². The maximum Gasteiger partial charge on any atom is 0.187 e. The first-order valence-electron chi connectivity index (χ1n) is 17.2. The molecule has 1 aromatic heterocycles. The molecular weight excluding hydrogens is 619 g/mol. The minimum absolute atomic E-state index is 0.501. The van der Waals surface area contributed by atoms with E-state index in [1.54, 1.807) is 0 Å². The van der Waals surface area contributed by atoms with Crippen LogP contribution in [0.4, 0.5) is 5.69 Å². The Morgan fingerprint density at radius 3 is 1.61 bits per heavy atom. The predicted octanol–water partition coefficient (Wildman–Crippen LogP) is 12.0. The topological polar surface area (TPSA) is 30.1 Å². The number of nitrogens with zero attached hydrogens (tertiary/aromatic N) is 3. The van der Waals surface area contributed by atoms with E-state index in [4.69, 9.17) is 16.5 Å². The molecule has 0 amide bonds. The van der Waals surface area contributed by atoms with Crippen LogP contribution in [0.25, 0.3) is 72.1 Å². The van der Waals surface area contributed by atoms with E-state index in [9.17, 15) is 0 Å². The van der Waals surface area contributed by atoms with Crippen LogP contribution >= 0.6 is 0 Å². The van der Waals surface area contributed by atoms with E-state index in [1.807, 2.05) is 42.5 Å². The van der Waals surface area contributed by atoms with Gasteiger partial charge in [-0.3, -0.25) is 0 Å². The summed E-state index contributed by atoms with van der Waals surface area (Å²) in [5, 5.41) is 0. The van der Waals surface area contributed by atoms with Gasteiger partial charge in [-0.1, -0.05) is 164 Å². The summed E-state index contributed by atoms with van der Waals surface area (Å²) in [7, 11) is 0. The van der Waals surface area contributed by atoms with Crippen LogP contribution in [0.2, 0.25) is 0 Å². The largest absolute Gasteiger partial charge is 0.238 e. The fourth-order valence-corrected chi connectivity index (χ4v) is 8.48. The van der Waals surface area contributed by atoms with E-state index >= 15 is 0 Å². The summed E-state index contributed by atoms with van der Waals surface area (Å²) in [4.78, 5) is 14.2. The molecule has 1 heterocycles. The second-order valence-electron chi connectivity index (χ2n) is 13.2. The van der Waals surface area contributed by atoms with Gasteiger partial charge in [0.05, 0.1) is 23.4 Å². The summed E-state index contributed by atoms with van der Waals surface area (Å²) in [6.07, 6.45) is 0. The smallest absolute Gasteiger partial charge is 0.187 e. The Labute approximate surface area is 297 Å². The van der Waals surface area contributed by atoms with Gasteiger partial charge in [0.25, 0.3) is 0 Å². The number of aromatic nitrogens is 2. The predicted molar refractivity (Wildman–Crippen MR) is 206 cm³/mol. The third-order valence-electron chi connectivity index (χ3n) is 10.5. The third kappa shape index (κ3) is 4.24. The molecule has 1 spiro atoms. The molecule has 0 N–H and O–H groups in total. The summed E-state index contributed by atoms with van der Waals surface area (Å²) in [6, 6.07) is 61.8. The molecule has 0 atom stereocenters. The van der Waals surface area contributed by atoms with Crippen LogP contribution in [-0.4, -0.2) is 9.97 Å². The molecule has 0 aliphatic heterocycles. The molecule has 7 aromatic carbocycles. The highest BCUT2D eigenvalue weighted by molar-refractivity contribution is 6.02. The summed E-state index contributed by atoms with van der Waals surface area (Å²) in [6.45, 7) is 7.98. The van der Waals surface area contributed by atoms with E-state index in [-0.39, 0.29) is 0 Å². The lowest BCUT2D eigenvalue weighted by Gasteiger charge is -2.30. The van der Waals surface area contributed by atoms with Gasteiger partial charge in [0, 0.05) is 16.7 Å². The Hall–Kier alpha value is -6.89. The summed E-state index contributed by atoms with van der Waals surface area (Å²) < 4.78 is 0. The molecule has 0 saturated heterocycles. The molecule has 0 radical (unpaired) electrons. The first kappa shape index (κ1) is 29.1. The molecule has 0 saturated carbocycles. The SMILES string of the molecule is [C-]#[N+]c1ccc2c(c1)-c1c(-c3ccccc3-c3cc(-c4ccccc4)nc(-c4ccccc4)n3)cccc1C21c2ccccc2-c2ccccc21. The fourth-order valence-electron chi connectivity index (χ4n) is 8.48. The van der Waals surface area contributed by atoms with Gasteiger partial charge in [0.2, 0.25) is 0 Å². The number of hydrogen-bond donors (Lipinski definition) is 0. The Balaban J connectivity index is 1.26. The van der Waals surface area contributed by atoms with Crippen molar-refractivity contribution in [2.45, 2.75) is 5.41 Å². The standard InChI is InChI=1S/C48H29N3/c1-49-33-27-28-42-39(29-33)46-38(23-14-26-43(46)48(42)40-24-12-10-20-35(40)36-21-11-13-25-41(36)48)34-19-8-9-22-37(34)45-30-44(31-15-4-2-5-16-31)50-47(51-45)32-17-6-3-7-18-32/h2-30H. The maximum absolute atomic E-state index is 7.98. The second-order valence-corrected chi connectivity index (χ2v) is 13.2. The van der Waals surface area contributed by atoms with Gasteiger partial charge in [-0.25, -0.2) is 14.8 Å². The van der Waals surface area contributed by atoms with Gasteiger partial charge < -0.3 is 0 Å². The molecule has 8 aromatic rings. The molecular formula is C48H29N3. The summed E-state index contributed by atoms with van der Waals surface area (Å²) in [5.41, 5.74) is 16.9. The van der Waals surface area contributed by atoms with Crippen molar-refractivity contribution >= 4 is 5.69 Å². The van der Waals surface area contributed by atoms with Crippen molar-refractivity contribution in [1.29, 1.82) is 0 Å². The molecule has 0 bridgehead atoms. The van der Waals surface area contributed by atoms with Crippen molar-refractivity contribution in [3.63, 3.8) is 0 Å². The zero-order valence-corrected chi connectivity index (χ0v) is 27.6. The van der Waals surface area contributed by atoms with E-state index < -0.39 is 5.41 Å². The number of benzene rings is 7. The zero-order valence-electron chi connectivity index (χ0n) is 27.6. The highest BCUT2D eigenvalue weighted by Crippen LogP contribution is 2.64. The monoisotopic (exact) mass is 647 g/mol. The lowest BCUT2D eigenvalue weighted by Crippen LogP contribution is -2.25. The van der Waals surface area contributed by atoms with Gasteiger partial charge in [-0.05, 0) is 67.8 Å². The van der Waals surface area contributed by atoms with Crippen LogP contribution in [0.1, 0.15) is 22.3 Å². The lowest BCUT2D eigenvalue weighted by molar-refractivity contribution is 0.794. The molecule has 10 rings (SSSR count). The molecule has 236 valence electrons. The van der Waals surface area contributed by atoms with Crippen molar-refractivity contribution in [2.75, 3.05) is 0 Å². The highest BCUT2D eigenvalue weighted by Gasteiger charge is 2.52. The number of fused-ring (bicyclic) bond motifs is 10. The first-order valence-corrected chi connectivity index (χ1v) is 17.2. The number of hydrogen-bond acceptors (Lipinski definition) is 2. The molecule has 0 fully saturated rings. The zero-order chi connectivity index (χ0) is 33.9. The van der Waals surface area contributed by atoms with E-state index in [1.165, 1.54) is 33.4 Å². The third-order valence-corrected chi connectivity index (χ3v) is 10.5. The molecule has 3 nitrogen and oxygen atoms in total. The van der Waals surface area contributed by atoms with E-state index in [0.29, 0.717) is 11.5 Å². The molecule has 2 aliphatic carbocycles. The van der Waals surface area contributed by atoms with Crippen LogP contribution in [-0.2, 0) is 5.41 Å². The van der Waals surface area contributed by atoms with Crippen LogP contribution in [0.5, 0.6) is 0 Å². The average Bonchev–Trinajstić information content (AvgIpc) is 3.68. The second kappa shape index (κ2) is 11.3. The molecule has 2 aliphatic rings. The molecule has 0 unspecified atom stereocenters. The summed E-state index contributed by atoms with van der Waals surface area (Å²) in [5.74, 6) is 0.685. The lowest BCUT2D eigenvalue weighted by atomic mass is 9.70. The van der Waals surface area contributed by atoms with Gasteiger partial charge in [-0.2, -0.15) is 0 Å². The van der Waals surface area contributed by atoms with Crippen LogP contribution in [0, 0.1) is 6.57 Å². The highest BCUT2D eigenvalue weighted by atomic mass is 14.9. The van der Waals surface area contributed by atoms with Crippen molar-refractivity contribution in [3.8, 4) is 67.3 Å². The van der Waals surface area contributed by atoms with Gasteiger partial charge in [0.1, 0.15) is 0 Å². The Morgan fingerprint density at radius 2 is 0.922 bits per heavy atom. The van der Waals surface area contributed by atoms with Gasteiger partial charge in [-0.15, -0.1) is 0 Å². The van der Waals surface area contributed by atoms with Crippen molar-refractivity contribution in [3.05, 3.63) is 210 Å². The van der Waals surface area contributed by atoms with E-state index in [0.717, 1.165) is 50.3 Å². The minimum Gasteiger partial charge on any atom is -0.238 e. The Bertz CT molecular complexity index is 2600. The maximum atomic E-state index is 7.98. The minimum atomic E-state index is -0.501. The van der Waals surface area contributed by atoms with Crippen LogP contribution in [0.3, 0.4) is 0 Å². The Kier molecular flexibility index (Phi) is 6.46.